The van der Waals surface area contributed by atoms with Gasteiger partial charge in [0, 0.05) is 10.9 Å². The van der Waals surface area contributed by atoms with E-state index >= 15 is 0 Å². The molecule has 0 aliphatic rings. The fourth-order valence-corrected chi connectivity index (χ4v) is 3.14. The van der Waals surface area contributed by atoms with Gasteiger partial charge in [0.25, 0.3) is 5.56 Å². The van der Waals surface area contributed by atoms with Crippen LogP contribution < -0.4 is 10.9 Å². The highest BCUT2D eigenvalue weighted by Crippen LogP contribution is 2.16. The molecule has 0 radical (unpaired) electrons. The van der Waals surface area contributed by atoms with E-state index in [1.165, 1.54) is 35.6 Å². The van der Waals surface area contributed by atoms with Gasteiger partial charge < -0.3 is 10.1 Å². The average Bonchev–Trinajstić information content (AvgIpc) is 3.16. The molecule has 0 spiro atoms. The smallest absolute Gasteiger partial charge is 0.360 e. The molecule has 28 heavy (non-hydrogen) atoms. The SMILES string of the molecule is CCOC(=O)c1nn(-c2ccc(F)cc2)c(=O)cc1NC(=O)Cc1cccs1. The minimum Gasteiger partial charge on any atom is -0.461 e. The molecule has 0 aliphatic heterocycles. The monoisotopic (exact) mass is 401 g/mol. The number of rotatable bonds is 6. The predicted molar refractivity (Wildman–Crippen MR) is 102 cm³/mol. The Morgan fingerprint density at radius 2 is 2.00 bits per heavy atom. The number of amides is 1. The summed E-state index contributed by atoms with van der Waals surface area (Å²) in [6.45, 7) is 1.72. The minimum atomic E-state index is -0.787. The van der Waals surface area contributed by atoms with Gasteiger partial charge in [-0.1, -0.05) is 6.07 Å². The van der Waals surface area contributed by atoms with Crippen molar-refractivity contribution in [2.45, 2.75) is 13.3 Å². The summed E-state index contributed by atoms with van der Waals surface area (Å²) < 4.78 is 19.1. The molecule has 144 valence electrons. The van der Waals surface area contributed by atoms with Crippen LogP contribution in [-0.2, 0) is 16.0 Å². The number of nitrogens with one attached hydrogen (secondary N) is 1. The van der Waals surface area contributed by atoms with E-state index in [4.69, 9.17) is 4.74 Å². The Kier molecular flexibility index (Phi) is 5.95. The molecule has 1 N–H and O–H groups in total. The largest absolute Gasteiger partial charge is 0.461 e. The molecule has 3 rings (SSSR count). The Labute approximate surface area is 163 Å². The first kappa shape index (κ1) is 19.4. The third kappa shape index (κ3) is 4.49. The van der Waals surface area contributed by atoms with Crippen LogP contribution in [0.5, 0.6) is 0 Å². The summed E-state index contributed by atoms with van der Waals surface area (Å²) in [4.78, 5) is 37.9. The Bertz CT molecular complexity index is 1050. The average molecular weight is 401 g/mol. The van der Waals surface area contributed by atoms with Crippen LogP contribution in [0.25, 0.3) is 5.69 Å². The summed E-state index contributed by atoms with van der Waals surface area (Å²) in [6.07, 6.45) is 0.0982. The molecule has 0 aliphatic carbocycles. The second-order valence-electron chi connectivity index (χ2n) is 5.66. The number of esters is 1. The van der Waals surface area contributed by atoms with Crippen molar-refractivity contribution in [1.29, 1.82) is 0 Å². The Balaban J connectivity index is 1.97. The van der Waals surface area contributed by atoms with Crippen molar-refractivity contribution in [1.82, 2.24) is 9.78 Å². The van der Waals surface area contributed by atoms with E-state index in [1.807, 2.05) is 11.4 Å². The number of thiophene rings is 1. The van der Waals surface area contributed by atoms with Gasteiger partial charge in [0.15, 0.2) is 5.69 Å². The fourth-order valence-electron chi connectivity index (χ4n) is 2.43. The van der Waals surface area contributed by atoms with E-state index in [0.717, 1.165) is 15.6 Å². The summed E-state index contributed by atoms with van der Waals surface area (Å²) in [6, 6.07) is 9.77. The van der Waals surface area contributed by atoms with Crippen LogP contribution in [-0.4, -0.2) is 28.3 Å². The molecule has 0 saturated carbocycles. The van der Waals surface area contributed by atoms with Crippen molar-refractivity contribution in [3.63, 3.8) is 0 Å². The van der Waals surface area contributed by atoms with Crippen LogP contribution in [0.1, 0.15) is 22.3 Å². The highest BCUT2D eigenvalue weighted by atomic mass is 32.1. The molecule has 0 unspecified atom stereocenters. The van der Waals surface area contributed by atoms with Crippen LogP contribution in [0.3, 0.4) is 0 Å². The van der Waals surface area contributed by atoms with Crippen molar-refractivity contribution in [2.75, 3.05) is 11.9 Å². The Morgan fingerprint density at radius 1 is 1.25 bits per heavy atom. The zero-order valence-corrected chi connectivity index (χ0v) is 15.7. The highest BCUT2D eigenvalue weighted by molar-refractivity contribution is 7.10. The lowest BCUT2D eigenvalue weighted by Gasteiger charge is -2.12. The van der Waals surface area contributed by atoms with Gasteiger partial charge >= 0.3 is 5.97 Å². The molecule has 1 aromatic carbocycles. The van der Waals surface area contributed by atoms with Crippen LogP contribution in [0, 0.1) is 5.82 Å². The van der Waals surface area contributed by atoms with E-state index in [2.05, 4.69) is 10.4 Å². The second-order valence-corrected chi connectivity index (χ2v) is 6.69. The number of hydrogen-bond acceptors (Lipinski definition) is 6. The zero-order valence-electron chi connectivity index (χ0n) is 14.8. The van der Waals surface area contributed by atoms with Crippen molar-refractivity contribution >= 4 is 28.9 Å². The normalized spacial score (nSPS) is 10.5. The number of nitrogens with zero attached hydrogens (tertiary/aromatic N) is 2. The summed E-state index contributed by atoms with van der Waals surface area (Å²) in [7, 11) is 0. The lowest BCUT2D eigenvalue weighted by atomic mass is 10.2. The first-order valence-electron chi connectivity index (χ1n) is 8.37. The molecule has 9 heteroatoms. The number of carbonyl (C=O) groups is 2. The third-order valence-corrected chi connectivity index (χ3v) is 4.54. The lowest BCUT2D eigenvalue weighted by molar-refractivity contribution is -0.115. The maximum atomic E-state index is 13.1. The summed E-state index contributed by atoms with van der Waals surface area (Å²) in [5.74, 6) is -1.65. The van der Waals surface area contributed by atoms with E-state index in [0.29, 0.717) is 0 Å². The molecule has 3 aromatic rings. The number of aromatic nitrogens is 2. The molecule has 0 atom stereocenters. The molecule has 2 aromatic heterocycles. The minimum absolute atomic E-state index is 0.0385. The van der Waals surface area contributed by atoms with E-state index in [-0.39, 0.29) is 30.1 Å². The van der Waals surface area contributed by atoms with Gasteiger partial charge in [0.1, 0.15) is 5.82 Å². The first-order chi connectivity index (χ1) is 13.5. The van der Waals surface area contributed by atoms with Gasteiger partial charge in [-0.2, -0.15) is 9.78 Å². The second kappa shape index (κ2) is 8.57. The molecule has 7 nitrogen and oxygen atoms in total. The molecule has 2 heterocycles. The number of ether oxygens (including phenoxy) is 1. The van der Waals surface area contributed by atoms with Crippen LogP contribution in [0.4, 0.5) is 10.1 Å². The van der Waals surface area contributed by atoms with Crippen molar-refractivity contribution in [3.05, 3.63) is 74.6 Å². The number of hydrogen-bond donors (Lipinski definition) is 1. The van der Waals surface area contributed by atoms with Gasteiger partial charge in [-0.15, -0.1) is 11.3 Å². The van der Waals surface area contributed by atoms with Gasteiger partial charge in [0.05, 0.1) is 24.4 Å². The zero-order chi connectivity index (χ0) is 20.1. The maximum Gasteiger partial charge on any atom is 0.360 e. The van der Waals surface area contributed by atoms with E-state index in [9.17, 15) is 18.8 Å². The fraction of sp³-hybridized carbons (Fsp3) is 0.158. The van der Waals surface area contributed by atoms with Crippen LogP contribution in [0.2, 0.25) is 0 Å². The third-order valence-electron chi connectivity index (χ3n) is 3.66. The van der Waals surface area contributed by atoms with Crippen LogP contribution in [0.15, 0.2) is 52.6 Å². The number of benzene rings is 1. The van der Waals surface area contributed by atoms with Gasteiger partial charge in [-0.3, -0.25) is 9.59 Å². The molecular formula is C19H16FN3O4S. The number of anilines is 1. The highest BCUT2D eigenvalue weighted by Gasteiger charge is 2.20. The summed E-state index contributed by atoms with van der Waals surface area (Å²) in [5, 5.41) is 8.43. The summed E-state index contributed by atoms with van der Waals surface area (Å²) in [5.41, 5.74) is -0.576. The quantitative estimate of drug-likeness (QED) is 0.642. The van der Waals surface area contributed by atoms with E-state index in [1.54, 1.807) is 13.0 Å². The Morgan fingerprint density at radius 3 is 2.64 bits per heavy atom. The standard InChI is InChI=1S/C19H16FN3O4S/c1-2-27-19(26)18-15(21-16(24)10-14-4-3-9-28-14)11-17(25)23(22-18)13-7-5-12(20)6-8-13/h3-9,11H,2,10H2,1H3,(H,21,24). The number of halogens is 1. The maximum absolute atomic E-state index is 13.1. The van der Waals surface area contributed by atoms with Gasteiger partial charge in [-0.25, -0.2) is 9.18 Å². The first-order valence-corrected chi connectivity index (χ1v) is 9.25. The molecule has 0 saturated heterocycles. The van der Waals surface area contributed by atoms with Gasteiger partial charge in [-0.05, 0) is 42.6 Å². The Hall–Kier alpha value is -3.33. The molecule has 0 fully saturated rings. The lowest BCUT2D eigenvalue weighted by Crippen LogP contribution is -2.27. The van der Waals surface area contributed by atoms with Crippen molar-refractivity contribution in [3.8, 4) is 5.69 Å². The van der Waals surface area contributed by atoms with Crippen molar-refractivity contribution < 1.29 is 18.7 Å². The predicted octanol–water partition coefficient (Wildman–Crippen LogP) is 2.79. The van der Waals surface area contributed by atoms with Crippen molar-refractivity contribution in [2.24, 2.45) is 0 Å². The molecule has 0 bridgehead atoms. The van der Waals surface area contributed by atoms with Gasteiger partial charge in [0.2, 0.25) is 5.91 Å². The molecular weight excluding hydrogens is 385 g/mol. The topological polar surface area (TPSA) is 90.3 Å². The van der Waals surface area contributed by atoms with E-state index < -0.39 is 23.3 Å². The summed E-state index contributed by atoms with van der Waals surface area (Å²) >= 11 is 1.42. The van der Waals surface area contributed by atoms with Crippen LogP contribution >= 0.6 is 11.3 Å². The molecule has 1 amide bonds. The number of carbonyl (C=O) groups excluding carboxylic acids is 2.